The van der Waals surface area contributed by atoms with Gasteiger partial charge in [-0.25, -0.2) is 10.8 Å². The molecule has 0 saturated carbocycles. The second-order valence-electron chi connectivity index (χ2n) is 1.63. The molecule has 1 aromatic rings. The van der Waals surface area contributed by atoms with Crippen LogP contribution in [0, 0.1) is 0 Å². The Morgan fingerprint density at radius 1 is 1.70 bits per heavy atom. The largest absolute Gasteiger partial charge is 0.308 e. The van der Waals surface area contributed by atoms with Gasteiger partial charge in [-0.05, 0) is 15.9 Å². The third-order valence-electron chi connectivity index (χ3n) is 0.956. The minimum atomic E-state index is 0.549. The van der Waals surface area contributed by atoms with Crippen LogP contribution in [0.25, 0.3) is 0 Å². The van der Waals surface area contributed by atoms with Gasteiger partial charge < -0.3 is 5.43 Å². The van der Waals surface area contributed by atoms with Crippen molar-refractivity contribution in [3.63, 3.8) is 0 Å². The van der Waals surface area contributed by atoms with Gasteiger partial charge in [0.2, 0.25) is 0 Å². The normalized spacial score (nSPS) is 9.50. The molecule has 0 spiro atoms. The highest BCUT2D eigenvalue weighted by Gasteiger charge is 1.97. The first-order chi connectivity index (χ1) is 4.74. The van der Waals surface area contributed by atoms with Crippen molar-refractivity contribution in [2.24, 2.45) is 5.84 Å². The standard InChI is InChI=1S/C5H5BrClN3/c6-3-2-9-5(10-8)1-4(3)7/h1-2H,8H2,(H,9,10). The van der Waals surface area contributed by atoms with Gasteiger partial charge in [-0.2, -0.15) is 0 Å². The molecule has 1 aromatic heterocycles. The Kier molecular flexibility index (Phi) is 2.48. The van der Waals surface area contributed by atoms with Gasteiger partial charge >= 0.3 is 0 Å². The Morgan fingerprint density at radius 3 is 2.90 bits per heavy atom. The molecule has 0 unspecified atom stereocenters. The van der Waals surface area contributed by atoms with Crippen molar-refractivity contribution in [1.82, 2.24) is 4.98 Å². The fraction of sp³-hybridized carbons (Fsp3) is 0. The van der Waals surface area contributed by atoms with E-state index in [4.69, 9.17) is 17.4 Å². The molecule has 0 saturated heterocycles. The van der Waals surface area contributed by atoms with Gasteiger partial charge in [-0.1, -0.05) is 11.6 Å². The smallest absolute Gasteiger partial charge is 0.141 e. The highest BCUT2D eigenvalue weighted by Crippen LogP contribution is 2.22. The highest BCUT2D eigenvalue weighted by atomic mass is 79.9. The molecule has 54 valence electrons. The summed E-state index contributed by atoms with van der Waals surface area (Å²) in [6, 6.07) is 1.63. The van der Waals surface area contributed by atoms with Crippen LogP contribution in [0.3, 0.4) is 0 Å². The number of pyridine rings is 1. The van der Waals surface area contributed by atoms with Crippen LogP contribution in [-0.4, -0.2) is 4.98 Å². The van der Waals surface area contributed by atoms with Gasteiger partial charge in [0.15, 0.2) is 0 Å². The van der Waals surface area contributed by atoms with E-state index in [0.29, 0.717) is 10.8 Å². The lowest BCUT2D eigenvalue weighted by Gasteiger charge is -1.98. The van der Waals surface area contributed by atoms with E-state index in [1.807, 2.05) is 0 Å². The van der Waals surface area contributed by atoms with Crippen LogP contribution < -0.4 is 11.3 Å². The topological polar surface area (TPSA) is 50.9 Å². The van der Waals surface area contributed by atoms with Crippen molar-refractivity contribution < 1.29 is 0 Å². The maximum atomic E-state index is 5.71. The van der Waals surface area contributed by atoms with Crippen molar-refractivity contribution in [2.45, 2.75) is 0 Å². The maximum Gasteiger partial charge on any atom is 0.141 e. The predicted octanol–water partition coefficient (Wildman–Crippen LogP) is 1.78. The number of hydrogen-bond acceptors (Lipinski definition) is 3. The number of nitrogens with two attached hydrogens (primary N) is 1. The maximum absolute atomic E-state index is 5.71. The van der Waals surface area contributed by atoms with Crippen LogP contribution in [0.2, 0.25) is 5.02 Å². The van der Waals surface area contributed by atoms with Crippen molar-refractivity contribution in [3.8, 4) is 0 Å². The average molecular weight is 222 g/mol. The molecule has 0 bridgehead atoms. The summed E-state index contributed by atoms with van der Waals surface area (Å²) in [5.41, 5.74) is 2.38. The Bertz CT molecular complexity index is 240. The molecule has 0 aliphatic heterocycles. The third-order valence-corrected chi connectivity index (χ3v) is 2.13. The molecule has 5 heteroatoms. The minimum Gasteiger partial charge on any atom is -0.308 e. The molecule has 1 heterocycles. The van der Waals surface area contributed by atoms with E-state index in [-0.39, 0.29) is 0 Å². The summed E-state index contributed by atoms with van der Waals surface area (Å²) in [5, 5.41) is 0.586. The van der Waals surface area contributed by atoms with Crippen molar-refractivity contribution in [1.29, 1.82) is 0 Å². The van der Waals surface area contributed by atoms with Gasteiger partial charge in [0.1, 0.15) is 5.82 Å². The van der Waals surface area contributed by atoms with E-state index < -0.39 is 0 Å². The zero-order valence-corrected chi connectivity index (χ0v) is 7.28. The molecule has 0 aliphatic carbocycles. The number of hydrogen-bond donors (Lipinski definition) is 2. The predicted molar refractivity (Wildman–Crippen MR) is 44.8 cm³/mol. The molecule has 10 heavy (non-hydrogen) atoms. The zero-order chi connectivity index (χ0) is 7.56. The molecular formula is C5H5BrClN3. The lowest BCUT2D eigenvalue weighted by atomic mass is 10.5. The highest BCUT2D eigenvalue weighted by molar-refractivity contribution is 9.10. The number of hydrazine groups is 1. The van der Waals surface area contributed by atoms with Gasteiger partial charge in [0.05, 0.1) is 9.50 Å². The first-order valence-electron chi connectivity index (χ1n) is 2.51. The van der Waals surface area contributed by atoms with Crippen LogP contribution in [-0.2, 0) is 0 Å². The molecular weight excluding hydrogens is 217 g/mol. The van der Waals surface area contributed by atoms with Crippen LogP contribution in [0.15, 0.2) is 16.7 Å². The molecule has 3 nitrogen and oxygen atoms in total. The second kappa shape index (κ2) is 3.18. The lowest BCUT2D eigenvalue weighted by Crippen LogP contribution is -2.07. The van der Waals surface area contributed by atoms with Crippen molar-refractivity contribution in [2.75, 3.05) is 5.43 Å². The average Bonchev–Trinajstić information content (AvgIpc) is 1.95. The Labute approximate surface area is 71.7 Å². The molecule has 0 fully saturated rings. The van der Waals surface area contributed by atoms with Crippen molar-refractivity contribution >= 4 is 33.3 Å². The lowest BCUT2D eigenvalue weighted by molar-refractivity contribution is 1.22. The molecule has 0 aliphatic rings. The SMILES string of the molecule is NNc1cc(Cl)c(Br)cn1. The second-order valence-corrected chi connectivity index (χ2v) is 2.89. The number of anilines is 1. The number of aromatic nitrogens is 1. The Balaban J connectivity index is 3.04. The molecule has 0 atom stereocenters. The van der Waals surface area contributed by atoms with Gasteiger partial charge in [-0.3, -0.25) is 0 Å². The molecule has 1 rings (SSSR count). The molecule has 0 amide bonds. The van der Waals surface area contributed by atoms with Gasteiger partial charge in [-0.15, -0.1) is 0 Å². The number of nitrogen functional groups attached to an aromatic ring is 1. The zero-order valence-electron chi connectivity index (χ0n) is 4.94. The molecule has 0 aromatic carbocycles. The van der Waals surface area contributed by atoms with E-state index in [1.54, 1.807) is 12.3 Å². The minimum absolute atomic E-state index is 0.549. The third kappa shape index (κ3) is 1.59. The van der Waals surface area contributed by atoms with E-state index in [0.717, 1.165) is 4.47 Å². The summed E-state index contributed by atoms with van der Waals surface area (Å²) < 4.78 is 0.758. The van der Waals surface area contributed by atoms with Crippen molar-refractivity contribution in [3.05, 3.63) is 21.8 Å². The van der Waals surface area contributed by atoms with E-state index >= 15 is 0 Å². The summed E-state index contributed by atoms with van der Waals surface area (Å²) in [6.45, 7) is 0. The van der Waals surface area contributed by atoms with E-state index in [2.05, 4.69) is 26.3 Å². The molecule has 3 N–H and O–H groups in total. The van der Waals surface area contributed by atoms with Crippen LogP contribution in [0.4, 0.5) is 5.82 Å². The first kappa shape index (κ1) is 7.78. The van der Waals surface area contributed by atoms with Gasteiger partial charge in [0.25, 0.3) is 0 Å². The Morgan fingerprint density at radius 2 is 2.40 bits per heavy atom. The first-order valence-corrected chi connectivity index (χ1v) is 3.69. The van der Waals surface area contributed by atoms with Crippen LogP contribution in [0.5, 0.6) is 0 Å². The summed E-state index contributed by atoms with van der Waals surface area (Å²) in [7, 11) is 0. The van der Waals surface area contributed by atoms with E-state index in [1.165, 1.54) is 0 Å². The fourth-order valence-electron chi connectivity index (χ4n) is 0.493. The Hall–Kier alpha value is -0.320. The summed E-state index contributed by atoms with van der Waals surface area (Å²) in [6.07, 6.45) is 1.58. The van der Waals surface area contributed by atoms with E-state index in [9.17, 15) is 0 Å². The summed E-state index contributed by atoms with van der Waals surface area (Å²) in [4.78, 5) is 3.89. The van der Waals surface area contributed by atoms with Gasteiger partial charge in [0, 0.05) is 12.3 Å². The molecule has 0 radical (unpaired) electrons. The van der Waals surface area contributed by atoms with Crippen LogP contribution in [0.1, 0.15) is 0 Å². The fourth-order valence-corrected chi connectivity index (χ4v) is 0.862. The number of nitrogens with one attached hydrogen (secondary N) is 1. The summed E-state index contributed by atoms with van der Waals surface area (Å²) >= 11 is 8.91. The number of halogens is 2. The summed E-state index contributed by atoms with van der Waals surface area (Å²) in [5.74, 6) is 5.63. The quantitative estimate of drug-likeness (QED) is 0.563. The monoisotopic (exact) mass is 221 g/mol. The number of nitrogens with zero attached hydrogens (tertiary/aromatic N) is 1. The number of rotatable bonds is 1. The van der Waals surface area contributed by atoms with Crippen LogP contribution >= 0.6 is 27.5 Å².